The first kappa shape index (κ1) is 40.6. The van der Waals surface area contributed by atoms with Crippen LogP contribution in [0.3, 0.4) is 0 Å². The number of phenolic OH excluding ortho intramolecular Hbond substituents is 1. The molecule has 0 saturated carbocycles. The van der Waals surface area contributed by atoms with Crippen LogP contribution < -0.4 is 38.5 Å². The second-order valence-electron chi connectivity index (χ2n) is 12.4. The highest BCUT2D eigenvalue weighted by Crippen LogP contribution is 2.12. The lowest BCUT2D eigenvalue weighted by Gasteiger charge is -2.27. The van der Waals surface area contributed by atoms with Gasteiger partial charge in [0.1, 0.15) is 29.9 Å². The number of rotatable bonds is 21. The predicted octanol–water partition coefficient (Wildman–Crippen LogP) is -0.224. The number of nitrogens with two attached hydrogens (primary N) is 3. The summed E-state index contributed by atoms with van der Waals surface area (Å²) in [7, 11) is 0. The van der Waals surface area contributed by atoms with Crippen LogP contribution >= 0.6 is 0 Å². The summed E-state index contributed by atoms with van der Waals surface area (Å²) in [6.07, 6.45) is 0.569. The van der Waals surface area contributed by atoms with E-state index < -0.39 is 72.1 Å². The highest BCUT2D eigenvalue weighted by atomic mass is 16.4. The quantitative estimate of drug-likeness (QED) is 0.0654. The van der Waals surface area contributed by atoms with Gasteiger partial charge in [0, 0.05) is 12.8 Å². The third-order valence-electron chi connectivity index (χ3n) is 8.18. The van der Waals surface area contributed by atoms with Gasteiger partial charge in [-0.15, -0.1) is 0 Å². The fraction of sp³-hybridized carbons (Fsp3) is 0.351. The maximum absolute atomic E-state index is 14.0. The van der Waals surface area contributed by atoms with Crippen molar-refractivity contribution in [3.8, 4) is 5.75 Å². The first-order valence-electron chi connectivity index (χ1n) is 16.9. The Hall–Kier alpha value is -5.80. The van der Waals surface area contributed by atoms with Crippen LogP contribution in [0.4, 0.5) is 0 Å². The van der Waals surface area contributed by atoms with Gasteiger partial charge in [-0.3, -0.25) is 28.8 Å². The van der Waals surface area contributed by atoms with E-state index in [-0.39, 0.29) is 31.4 Å². The predicted molar refractivity (Wildman–Crippen MR) is 192 cm³/mol. The molecule has 0 heterocycles. The molecule has 0 spiro atoms. The van der Waals surface area contributed by atoms with Gasteiger partial charge < -0.3 is 48.7 Å². The molecule has 0 radical (unpaired) electrons. The molecule has 15 nitrogen and oxygen atoms in total. The van der Waals surface area contributed by atoms with E-state index in [1.807, 2.05) is 0 Å². The van der Waals surface area contributed by atoms with Gasteiger partial charge in [0.2, 0.25) is 29.5 Å². The smallest absolute Gasteiger partial charge is 0.305 e. The Morgan fingerprint density at radius 2 is 1.02 bits per heavy atom. The van der Waals surface area contributed by atoms with Crippen LogP contribution in [0, 0.1) is 0 Å². The Morgan fingerprint density at radius 1 is 0.577 bits per heavy atom. The summed E-state index contributed by atoms with van der Waals surface area (Å²) in [5, 5.41) is 29.2. The normalized spacial score (nSPS) is 13.7. The standard InChI is InChI=1S/C37H47N7O8/c38-18-8-7-13-28(41-34(49)27(39)19-25-14-16-26(45)17-15-25)35(50)43-31(21-24-11-5-2-6-12-24)37(52)44-30(20-23-9-3-1-4-10-23)36(51)42-29(33(40)48)22-32(46)47/h1-6,9-12,14-17,27-31,45H,7-8,13,18-22,38-39H2,(H2,40,48)(H,41,49)(H,42,51)(H,43,50)(H,44,52)(H,46,47)/t27-,28+,29-,30-,31-/m0/s1. The van der Waals surface area contributed by atoms with E-state index in [9.17, 15) is 39.0 Å². The van der Waals surface area contributed by atoms with Gasteiger partial charge in [-0.2, -0.15) is 0 Å². The molecule has 0 unspecified atom stereocenters. The molecule has 0 fully saturated rings. The summed E-state index contributed by atoms with van der Waals surface area (Å²) in [6.45, 7) is 0.357. The van der Waals surface area contributed by atoms with Crippen LogP contribution in [0.25, 0.3) is 0 Å². The number of benzene rings is 3. The summed E-state index contributed by atoms with van der Waals surface area (Å²) in [6, 6.07) is 17.5. The van der Waals surface area contributed by atoms with E-state index in [1.54, 1.807) is 72.8 Å². The van der Waals surface area contributed by atoms with Crippen molar-refractivity contribution in [2.45, 2.75) is 75.2 Å². The van der Waals surface area contributed by atoms with Crippen LogP contribution in [0.1, 0.15) is 42.4 Å². The second kappa shape index (κ2) is 20.8. The van der Waals surface area contributed by atoms with Crippen molar-refractivity contribution in [3.63, 3.8) is 0 Å². The molecule has 0 aliphatic heterocycles. The number of amides is 5. The molecule has 12 N–H and O–H groups in total. The van der Waals surface area contributed by atoms with E-state index in [2.05, 4.69) is 21.3 Å². The Labute approximate surface area is 301 Å². The second-order valence-corrected chi connectivity index (χ2v) is 12.4. The van der Waals surface area contributed by atoms with E-state index in [0.717, 1.165) is 0 Å². The Bertz CT molecular complexity index is 1640. The number of unbranched alkanes of at least 4 members (excludes halogenated alkanes) is 1. The Balaban J connectivity index is 1.86. The maximum atomic E-state index is 14.0. The van der Waals surface area contributed by atoms with Crippen molar-refractivity contribution in [1.82, 2.24) is 21.3 Å². The number of carboxylic acids is 1. The van der Waals surface area contributed by atoms with Crippen LogP contribution in [0.15, 0.2) is 84.9 Å². The number of carbonyl (C=O) groups is 6. The van der Waals surface area contributed by atoms with Gasteiger partial charge in [0.25, 0.3) is 0 Å². The molecule has 5 atom stereocenters. The SMILES string of the molecule is NCCCC[C@@H](NC(=O)[C@@H](N)Cc1ccc(O)cc1)C(=O)N[C@@H](Cc1ccccc1)C(=O)N[C@@H](Cc1ccccc1)C(=O)N[C@@H](CC(=O)O)C(N)=O. The maximum Gasteiger partial charge on any atom is 0.305 e. The molecular formula is C37H47N7O8. The van der Waals surface area contributed by atoms with Crippen molar-refractivity contribution in [3.05, 3.63) is 102 Å². The van der Waals surface area contributed by atoms with Crippen LogP contribution in [0.5, 0.6) is 5.75 Å². The minimum absolute atomic E-state index is 0.00481. The fourth-order valence-corrected chi connectivity index (χ4v) is 5.35. The third-order valence-corrected chi connectivity index (χ3v) is 8.18. The van der Waals surface area contributed by atoms with E-state index in [1.165, 1.54) is 12.1 Å². The molecule has 0 bridgehead atoms. The molecule has 52 heavy (non-hydrogen) atoms. The number of hydrogen-bond donors (Lipinski definition) is 9. The van der Waals surface area contributed by atoms with Crippen molar-refractivity contribution in [1.29, 1.82) is 0 Å². The van der Waals surface area contributed by atoms with Crippen LogP contribution in [-0.2, 0) is 48.0 Å². The zero-order valence-corrected chi connectivity index (χ0v) is 28.7. The first-order valence-corrected chi connectivity index (χ1v) is 16.9. The molecule has 0 aliphatic rings. The number of hydrogen-bond acceptors (Lipinski definition) is 9. The van der Waals surface area contributed by atoms with Crippen molar-refractivity contribution in [2.24, 2.45) is 17.2 Å². The van der Waals surface area contributed by atoms with Crippen LogP contribution in [-0.4, -0.2) is 82.5 Å². The summed E-state index contributed by atoms with van der Waals surface area (Å²) < 4.78 is 0. The fourth-order valence-electron chi connectivity index (χ4n) is 5.35. The lowest BCUT2D eigenvalue weighted by molar-refractivity contribution is -0.140. The van der Waals surface area contributed by atoms with Crippen molar-refractivity contribution < 1.29 is 39.0 Å². The molecule has 5 amide bonds. The Kier molecular flexibility index (Phi) is 16.2. The first-order chi connectivity index (χ1) is 24.9. The van der Waals surface area contributed by atoms with Crippen molar-refractivity contribution >= 4 is 35.5 Å². The van der Waals surface area contributed by atoms with E-state index in [0.29, 0.717) is 36.1 Å². The molecule has 3 rings (SSSR count). The minimum atomic E-state index is -1.54. The summed E-state index contributed by atoms with van der Waals surface area (Å²) in [4.78, 5) is 77.8. The molecule has 278 valence electrons. The minimum Gasteiger partial charge on any atom is -0.508 e. The summed E-state index contributed by atoms with van der Waals surface area (Å²) in [5.41, 5.74) is 19.2. The van der Waals surface area contributed by atoms with E-state index >= 15 is 0 Å². The lowest BCUT2D eigenvalue weighted by atomic mass is 10.0. The molecule has 0 saturated heterocycles. The van der Waals surface area contributed by atoms with Gasteiger partial charge in [0.05, 0.1) is 12.5 Å². The third kappa shape index (κ3) is 13.8. The number of primary amides is 1. The molecule has 3 aromatic carbocycles. The molecule has 0 aliphatic carbocycles. The van der Waals surface area contributed by atoms with Gasteiger partial charge in [-0.1, -0.05) is 72.8 Å². The van der Waals surface area contributed by atoms with E-state index in [4.69, 9.17) is 17.2 Å². The largest absolute Gasteiger partial charge is 0.508 e. The molecule has 0 aromatic heterocycles. The molecule has 3 aromatic rings. The molecule has 15 heteroatoms. The Morgan fingerprint density at radius 3 is 1.48 bits per heavy atom. The summed E-state index contributed by atoms with van der Waals surface area (Å²) in [5.74, 6) is -5.26. The zero-order chi connectivity index (χ0) is 38.0. The highest BCUT2D eigenvalue weighted by molar-refractivity contribution is 5.96. The number of aromatic hydroxyl groups is 1. The number of phenols is 1. The van der Waals surface area contributed by atoms with Gasteiger partial charge in [-0.05, 0) is 61.1 Å². The number of carboxylic acid groups (broad SMARTS) is 1. The molecular weight excluding hydrogens is 670 g/mol. The van der Waals surface area contributed by atoms with Gasteiger partial charge in [0.15, 0.2) is 0 Å². The number of carbonyl (C=O) groups excluding carboxylic acids is 5. The monoisotopic (exact) mass is 717 g/mol. The average Bonchev–Trinajstić information content (AvgIpc) is 3.11. The highest BCUT2D eigenvalue weighted by Gasteiger charge is 2.32. The van der Waals surface area contributed by atoms with Gasteiger partial charge >= 0.3 is 5.97 Å². The lowest BCUT2D eigenvalue weighted by Crippen LogP contribution is -2.59. The topological polar surface area (TPSA) is 269 Å². The van der Waals surface area contributed by atoms with Crippen molar-refractivity contribution in [2.75, 3.05) is 6.54 Å². The number of nitrogens with one attached hydrogen (secondary N) is 4. The van der Waals surface area contributed by atoms with Crippen LogP contribution in [0.2, 0.25) is 0 Å². The average molecular weight is 718 g/mol. The zero-order valence-electron chi connectivity index (χ0n) is 28.7. The van der Waals surface area contributed by atoms with Gasteiger partial charge in [-0.25, -0.2) is 0 Å². The number of aliphatic carboxylic acids is 1. The summed E-state index contributed by atoms with van der Waals surface area (Å²) >= 11 is 0.